The summed E-state index contributed by atoms with van der Waals surface area (Å²) in [6.45, 7) is 7.29. The number of amides is 2. The highest BCUT2D eigenvalue weighted by Crippen LogP contribution is 2.27. The highest BCUT2D eigenvalue weighted by molar-refractivity contribution is 6.13. The number of fused-ring (bicyclic) bond motifs is 2. The van der Waals surface area contributed by atoms with Crippen molar-refractivity contribution >= 4 is 39.3 Å². The lowest BCUT2D eigenvalue weighted by Crippen LogP contribution is -2.42. The van der Waals surface area contributed by atoms with Gasteiger partial charge in [0.25, 0.3) is 5.91 Å². The first kappa shape index (κ1) is 25.0. The molecule has 0 spiro atoms. The van der Waals surface area contributed by atoms with Crippen LogP contribution in [0.2, 0.25) is 0 Å². The molecule has 2 aromatic carbocycles. The van der Waals surface area contributed by atoms with Crippen molar-refractivity contribution in [2.75, 3.05) is 31.1 Å². The maximum absolute atomic E-state index is 13.8. The van der Waals surface area contributed by atoms with Gasteiger partial charge in [-0.2, -0.15) is 0 Å². The van der Waals surface area contributed by atoms with Crippen molar-refractivity contribution in [3.63, 3.8) is 0 Å². The zero-order chi connectivity index (χ0) is 25.8. The summed E-state index contributed by atoms with van der Waals surface area (Å²) in [5.41, 5.74) is 2.73. The molecule has 0 aliphatic carbocycles. The Bertz CT molecular complexity index is 1380. The van der Waals surface area contributed by atoms with Crippen LogP contribution < -0.4 is 10.2 Å². The number of anilines is 1. The van der Waals surface area contributed by atoms with E-state index in [1.54, 1.807) is 11.1 Å². The Morgan fingerprint density at radius 3 is 2.70 bits per heavy atom. The number of nitrogens with one attached hydrogen (secondary N) is 2. The number of pyridine rings is 1. The highest BCUT2D eigenvalue weighted by atomic mass is 16.2. The number of nitrogens with zero attached hydrogens (tertiary/aromatic N) is 3. The summed E-state index contributed by atoms with van der Waals surface area (Å²) in [7, 11) is 0. The third-order valence-corrected chi connectivity index (χ3v) is 7.51. The number of rotatable bonds is 8. The molecule has 37 heavy (non-hydrogen) atoms. The molecule has 5 rings (SSSR count). The summed E-state index contributed by atoms with van der Waals surface area (Å²) in [6.07, 6.45) is 6.86. The summed E-state index contributed by atoms with van der Waals surface area (Å²) in [6, 6.07) is 17.7. The Hall–Kier alpha value is -3.71. The van der Waals surface area contributed by atoms with E-state index < -0.39 is 0 Å². The maximum atomic E-state index is 13.8. The summed E-state index contributed by atoms with van der Waals surface area (Å²) in [5, 5.41) is 5.03. The van der Waals surface area contributed by atoms with Gasteiger partial charge >= 0.3 is 0 Å². The fourth-order valence-electron chi connectivity index (χ4n) is 5.28. The number of piperidine rings is 1. The molecule has 2 aromatic heterocycles. The number of H-pyrrole nitrogens is 1. The Balaban J connectivity index is 1.31. The SMILES string of the molecule is CC(C)N1CCC(CCNC(=O)CN(C(=O)c2ccc3cc[nH]c3c2)c2cccc3cccnc23)CC1. The van der Waals surface area contributed by atoms with E-state index in [4.69, 9.17) is 0 Å². The number of benzene rings is 2. The van der Waals surface area contributed by atoms with E-state index in [-0.39, 0.29) is 18.4 Å². The predicted octanol–water partition coefficient (Wildman–Crippen LogP) is 4.99. The number of carbonyl (C=O) groups is 2. The molecule has 0 saturated carbocycles. The van der Waals surface area contributed by atoms with E-state index in [2.05, 4.69) is 34.0 Å². The summed E-state index contributed by atoms with van der Waals surface area (Å²) >= 11 is 0. The van der Waals surface area contributed by atoms with Gasteiger partial charge < -0.3 is 15.2 Å². The molecule has 0 radical (unpaired) electrons. The van der Waals surface area contributed by atoms with Gasteiger partial charge in [-0.1, -0.05) is 24.3 Å². The molecule has 4 aromatic rings. The van der Waals surface area contributed by atoms with Gasteiger partial charge in [-0.05, 0) is 87.8 Å². The van der Waals surface area contributed by atoms with E-state index >= 15 is 0 Å². The van der Waals surface area contributed by atoms with Crippen LogP contribution in [0.5, 0.6) is 0 Å². The van der Waals surface area contributed by atoms with Gasteiger partial charge in [0.1, 0.15) is 6.54 Å². The first-order valence-corrected chi connectivity index (χ1v) is 13.2. The van der Waals surface area contributed by atoms with Crippen molar-refractivity contribution in [1.82, 2.24) is 20.2 Å². The minimum absolute atomic E-state index is 0.0664. The standard InChI is InChI=1S/C30H35N5O2/c1-21(2)34-17-12-22(13-18-34)10-15-32-28(36)20-35(27-7-3-5-24-6-4-14-33-29(24)27)30(37)25-9-8-23-11-16-31-26(23)19-25/h3-9,11,14,16,19,21-22,31H,10,12-13,15,17-18,20H2,1-2H3,(H,32,36). The van der Waals surface area contributed by atoms with Crippen LogP contribution >= 0.6 is 0 Å². The van der Waals surface area contributed by atoms with Crippen LogP contribution in [0.4, 0.5) is 5.69 Å². The number of hydrogen-bond donors (Lipinski definition) is 2. The van der Waals surface area contributed by atoms with Gasteiger partial charge in [0.15, 0.2) is 0 Å². The normalized spacial score (nSPS) is 14.9. The lowest BCUT2D eigenvalue weighted by molar-refractivity contribution is -0.119. The van der Waals surface area contributed by atoms with Crippen LogP contribution in [0.3, 0.4) is 0 Å². The van der Waals surface area contributed by atoms with Gasteiger partial charge in [0.2, 0.25) is 5.91 Å². The molecule has 2 N–H and O–H groups in total. The van der Waals surface area contributed by atoms with Crippen molar-refractivity contribution in [2.24, 2.45) is 5.92 Å². The number of carbonyl (C=O) groups excluding carboxylic acids is 2. The number of aromatic nitrogens is 2. The quantitative estimate of drug-likeness (QED) is 0.359. The molecule has 2 amide bonds. The van der Waals surface area contributed by atoms with Gasteiger partial charge in [0.05, 0.1) is 11.2 Å². The van der Waals surface area contributed by atoms with Crippen LogP contribution in [0.1, 0.15) is 43.5 Å². The topological polar surface area (TPSA) is 81.3 Å². The van der Waals surface area contributed by atoms with Crippen LogP contribution in [-0.4, -0.2) is 58.9 Å². The average Bonchev–Trinajstić information content (AvgIpc) is 3.39. The molecular formula is C30H35N5O2. The molecule has 3 heterocycles. The second kappa shape index (κ2) is 11.1. The van der Waals surface area contributed by atoms with Gasteiger partial charge in [0, 0.05) is 41.4 Å². The summed E-state index contributed by atoms with van der Waals surface area (Å²) in [5.74, 6) is 0.232. The first-order valence-electron chi connectivity index (χ1n) is 13.2. The first-order chi connectivity index (χ1) is 18.0. The van der Waals surface area contributed by atoms with Crippen LogP contribution in [0, 0.1) is 5.92 Å². The van der Waals surface area contributed by atoms with Gasteiger partial charge in [-0.3, -0.25) is 19.5 Å². The molecule has 0 bridgehead atoms. The molecule has 1 fully saturated rings. The van der Waals surface area contributed by atoms with E-state index in [0.717, 1.165) is 35.8 Å². The number of hydrogen-bond acceptors (Lipinski definition) is 4. The Morgan fingerprint density at radius 1 is 1.08 bits per heavy atom. The second-order valence-electron chi connectivity index (χ2n) is 10.2. The van der Waals surface area contributed by atoms with Crippen molar-refractivity contribution in [3.8, 4) is 0 Å². The van der Waals surface area contributed by atoms with Crippen molar-refractivity contribution in [3.05, 3.63) is 72.6 Å². The molecule has 1 aliphatic rings. The van der Waals surface area contributed by atoms with E-state index in [9.17, 15) is 9.59 Å². The fourth-order valence-corrected chi connectivity index (χ4v) is 5.28. The van der Waals surface area contributed by atoms with Crippen molar-refractivity contribution in [1.29, 1.82) is 0 Å². The highest BCUT2D eigenvalue weighted by Gasteiger charge is 2.24. The van der Waals surface area contributed by atoms with Crippen LogP contribution in [-0.2, 0) is 4.79 Å². The predicted molar refractivity (Wildman–Crippen MR) is 149 cm³/mol. The molecule has 7 heteroatoms. The maximum Gasteiger partial charge on any atom is 0.258 e. The lowest BCUT2D eigenvalue weighted by Gasteiger charge is -2.34. The van der Waals surface area contributed by atoms with E-state index in [1.165, 1.54) is 12.8 Å². The smallest absolute Gasteiger partial charge is 0.258 e. The molecule has 1 saturated heterocycles. The van der Waals surface area contributed by atoms with E-state index in [1.807, 2.05) is 60.8 Å². The van der Waals surface area contributed by atoms with E-state index in [0.29, 0.717) is 35.3 Å². The van der Waals surface area contributed by atoms with Gasteiger partial charge in [-0.25, -0.2) is 0 Å². The summed E-state index contributed by atoms with van der Waals surface area (Å²) in [4.78, 5) is 38.7. The molecule has 192 valence electrons. The molecular weight excluding hydrogens is 462 g/mol. The Kier molecular flexibility index (Phi) is 7.51. The fraction of sp³-hybridized carbons (Fsp3) is 0.367. The lowest BCUT2D eigenvalue weighted by atomic mass is 9.93. The average molecular weight is 498 g/mol. The molecule has 0 unspecified atom stereocenters. The largest absolute Gasteiger partial charge is 0.361 e. The zero-order valence-corrected chi connectivity index (χ0v) is 21.6. The molecule has 0 atom stereocenters. The monoisotopic (exact) mass is 497 g/mol. The number of likely N-dealkylation sites (tertiary alicyclic amines) is 1. The minimum Gasteiger partial charge on any atom is -0.361 e. The Morgan fingerprint density at radius 2 is 1.89 bits per heavy atom. The molecule has 1 aliphatic heterocycles. The number of para-hydroxylation sites is 1. The second-order valence-corrected chi connectivity index (χ2v) is 10.2. The van der Waals surface area contributed by atoms with Crippen LogP contribution in [0.25, 0.3) is 21.8 Å². The van der Waals surface area contributed by atoms with Gasteiger partial charge in [-0.15, -0.1) is 0 Å². The third kappa shape index (κ3) is 5.67. The molecule has 7 nitrogen and oxygen atoms in total. The minimum atomic E-state index is -0.231. The Labute approximate surface area is 217 Å². The van der Waals surface area contributed by atoms with Crippen molar-refractivity contribution in [2.45, 2.75) is 39.2 Å². The van der Waals surface area contributed by atoms with Crippen LogP contribution in [0.15, 0.2) is 67.0 Å². The third-order valence-electron chi connectivity index (χ3n) is 7.51. The number of aromatic amines is 1. The summed E-state index contributed by atoms with van der Waals surface area (Å²) < 4.78 is 0. The van der Waals surface area contributed by atoms with Crippen molar-refractivity contribution < 1.29 is 9.59 Å². The zero-order valence-electron chi connectivity index (χ0n) is 21.6.